The van der Waals surface area contributed by atoms with E-state index in [9.17, 15) is 8.42 Å². The summed E-state index contributed by atoms with van der Waals surface area (Å²) in [6.07, 6.45) is 9.10. The van der Waals surface area contributed by atoms with E-state index in [0.717, 1.165) is 61.2 Å². The number of likely N-dealkylation sites (tertiary alicyclic amines) is 2. The number of hydrogen-bond acceptors (Lipinski definition) is 5. The van der Waals surface area contributed by atoms with Crippen LogP contribution in [0.15, 0.2) is 41.3 Å². The molecule has 3 heterocycles. The van der Waals surface area contributed by atoms with Gasteiger partial charge in [-0.15, -0.1) is 0 Å². The molecule has 6 rings (SSSR count). The summed E-state index contributed by atoms with van der Waals surface area (Å²) in [5.74, 6) is 0.815. The van der Waals surface area contributed by atoms with Crippen molar-refractivity contribution in [1.82, 2.24) is 19.4 Å². The molecule has 3 atom stereocenters. The second-order valence-electron chi connectivity index (χ2n) is 13.1. The van der Waals surface area contributed by atoms with Gasteiger partial charge in [-0.25, -0.2) is 17.8 Å². The van der Waals surface area contributed by atoms with Crippen LogP contribution in [-0.4, -0.2) is 71.3 Å². The first-order chi connectivity index (χ1) is 19.5. The zero-order chi connectivity index (χ0) is 29.1. The van der Waals surface area contributed by atoms with Crippen molar-refractivity contribution in [2.24, 2.45) is 0 Å². The Labute approximate surface area is 244 Å². The summed E-state index contributed by atoms with van der Waals surface area (Å²) < 4.78 is 41.7. The molecule has 8 heteroatoms. The standard InChI is InChI=1S/C33H45FN4O2S/c1-6-26-20-28(17-22(4)37(26)21(2)3)36-15-13-23(14-16-36)25-18-30(34)32-31(19-25)38(27-9-10-27)33(35-32)24-7-11-29(12-8-24)41(5,39)40/h7-8,11-12,18-19,21-23,26-28H,6,9-10,13-17,20H2,1-5H3. The van der Waals surface area contributed by atoms with E-state index in [0.29, 0.717) is 41.6 Å². The van der Waals surface area contributed by atoms with Gasteiger partial charge in [0.25, 0.3) is 0 Å². The molecule has 1 saturated carbocycles. The van der Waals surface area contributed by atoms with Gasteiger partial charge in [-0.2, -0.15) is 0 Å². The Morgan fingerprint density at radius 1 is 1.00 bits per heavy atom. The third-order valence-electron chi connectivity index (χ3n) is 9.90. The Hall–Kier alpha value is -2.29. The minimum atomic E-state index is -3.28. The molecule has 222 valence electrons. The Morgan fingerprint density at radius 3 is 2.27 bits per heavy atom. The van der Waals surface area contributed by atoms with E-state index >= 15 is 4.39 Å². The molecule has 0 radical (unpaired) electrons. The second kappa shape index (κ2) is 11.1. The first-order valence-corrected chi connectivity index (χ1v) is 17.5. The predicted octanol–water partition coefficient (Wildman–Crippen LogP) is 6.80. The first kappa shape index (κ1) is 28.8. The second-order valence-corrected chi connectivity index (χ2v) is 15.1. The third kappa shape index (κ3) is 5.59. The summed E-state index contributed by atoms with van der Waals surface area (Å²) in [6, 6.07) is 13.5. The summed E-state index contributed by atoms with van der Waals surface area (Å²) in [7, 11) is -3.28. The van der Waals surface area contributed by atoms with E-state index in [2.05, 4.69) is 48.1 Å². The number of rotatable bonds is 7. The third-order valence-corrected chi connectivity index (χ3v) is 11.0. The van der Waals surface area contributed by atoms with Crippen LogP contribution in [0.5, 0.6) is 0 Å². The van der Waals surface area contributed by atoms with Crippen LogP contribution in [0.4, 0.5) is 4.39 Å². The number of benzene rings is 2. The van der Waals surface area contributed by atoms with Crippen molar-refractivity contribution in [3.63, 3.8) is 0 Å². The van der Waals surface area contributed by atoms with Crippen molar-refractivity contribution in [2.45, 2.75) is 114 Å². The van der Waals surface area contributed by atoms with Crippen molar-refractivity contribution >= 4 is 20.9 Å². The number of hydrogen-bond donors (Lipinski definition) is 0. The molecule has 2 aliphatic heterocycles. The van der Waals surface area contributed by atoms with Gasteiger partial charge in [-0.05, 0) is 127 Å². The normalized spacial score (nSPS) is 25.4. The summed E-state index contributed by atoms with van der Waals surface area (Å²) in [5.41, 5.74) is 3.19. The molecule has 2 saturated heterocycles. The van der Waals surface area contributed by atoms with Gasteiger partial charge in [0.15, 0.2) is 15.7 Å². The van der Waals surface area contributed by atoms with E-state index in [4.69, 9.17) is 4.98 Å². The van der Waals surface area contributed by atoms with Crippen LogP contribution in [0.2, 0.25) is 0 Å². The minimum absolute atomic E-state index is 0.256. The molecule has 0 N–H and O–H groups in total. The SMILES string of the molecule is CCC1CC(N2CCC(c3cc(F)c4nc(-c5ccc(S(C)(=O)=O)cc5)n(C5CC5)c4c3)CC2)CC(C)N1C(C)C. The average molecular weight is 581 g/mol. The van der Waals surface area contributed by atoms with Gasteiger partial charge in [0, 0.05) is 42.0 Å². The molecule has 0 bridgehead atoms. The molecule has 3 unspecified atom stereocenters. The maximum absolute atomic E-state index is 15.6. The van der Waals surface area contributed by atoms with Gasteiger partial charge in [0.05, 0.1) is 10.4 Å². The van der Waals surface area contributed by atoms with Gasteiger partial charge in [-0.3, -0.25) is 4.90 Å². The Morgan fingerprint density at radius 2 is 1.68 bits per heavy atom. The van der Waals surface area contributed by atoms with E-state index < -0.39 is 9.84 Å². The van der Waals surface area contributed by atoms with Crippen LogP contribution in [0.3, 0.4) is 0 Å². The van der Waals surface area contributed by atoms with Crippen molar-refractivity contribution in [3.05, 3.63) is 47.8 Å². The van der Waals surface area contributed by atoms with Gasteiger partial charge < -0.3 is 9.47 Å². The number of nitrogens with zero attached hydrogens (tertiary/aromatic N) is 4. The quantitative estimate of drug-likeness (QED) is 0.308. The number of piperidine rings is 2. The number of sulfone groups is 1. The Bertz CT molecular complexity index is 1500. The number of fused-ring (bicyclic) bond motifs is 1. The van der Waals surface area contributed by atoms with Crippen molar-refractivity contribution in [2.75, 3.05) is 19.3 Å². The van der Waals surface area contributed by atoms with E-state index in [1.165, 1.54) is 25.5 Å². The zero-order valence-corrected chi connectivity index (χ0v) is 26.0. The van der Waals surface area contributed by atoms with E-state index in [1.807, 2.05) is 0 Å². The lowest BCUT2D eigenvalue weighted by Crippen LogP contribution is -2.56. The molecule has 0 spiro atoms. The van der Waals surface area contributed by atoms with E-state index in [1.54, 1.807) is 30.3 Å². The number of imidazole rings is 1. The molecule has 3 aromatic rings. The lowest BCUT2D eigenvalue weighted by Gasteiger charge is -2.50. The Balaban J connectivity index is 1.23. The zero-order valence-electron chi connectivity index (χ0n) is 25.2. The highest BCUT2D eigenvalue weighted by molar-refractivity contribution is 7.90. The van der Waals surface area contributed by atoms with Gasteiger partial charge in [0.2, 0.25) is 0 Å². The van der Waals surface area contributed by atoms with Gasteiger partial charge in [0.1, 0.15) is 11.3 Å². The fourth-order valence-electron chi connectivity index (χ4n) is 7.78. The highest BCUT2D eigenvalue weighted by atomic mass is 32.2. The van der Waals surface area contributed by atoms with Crippen LogP contribution in [0.25, 0.3) is 22.4 Å². The van der Waals surface area contributed by atoms with Crippen molar-refractivity contribution < 1.29 is 12.8 Å². The Kier molecular flexibility index (Phi) is 7.79. The molecule has 41 heavy (non-hydrogen) atoms. The molecule has 2 aromatic carbocycles. The minimum Gasteiger partial charge on any atom is -0.321 e. The van der Waals surface area contributed by atoms with Crippen LogP contribution >= 0.6 is 0 Å². The highest BCUT2D eigenvalue weighted by Gasteiger charge is 2.38. The summed E-state index contributed by atoms with van der Waals surface area (Å²) >= 11 is 0. The van der Waals surface area contributed by atoms with Gasteiger partial charge >= 0.3 is 0 Å². The monoisotopic (exact) mass is 580 g/mol. The summed E-state index contributed by atoms with van der Waals surface area (Å²) in [4.78, 5) is 10.5. The molecule has 0 amide bonds. The topological polar surface area (TPSA) is 58.4 Å². The molecule has 1 aliphatic carbocycles. The molecule has 3 fully saturated rings. The predicted molar refractivity (Wildman–Crippen MR) is 164 cm³/mol. The molecular formula is C33H45FN4O2S. The van der Waals surface area contributed by atoms with Crippen LogP contribution in [-0.2, 0) is 9.84 Å². The summed E-state index contributed by atoms with van der Waals surface area (Å²) in [5, 5.41) is 0. The number of aromatic nitrogens is 2. The van der Waals surface area contributed by atoms with E-state index in [-0.39, 0.29) is 10.7 Å². The maximum Gasteiger partial charge on any atom is 0.175 e. The smallest absolute Gasteiger partial charge is 0.175 e. The largest absolute Gasteiger partial charge is 0.321 e. The maximum atomic E-state index is 15.6. The average Bonchev–Trinajstić information content (AvgIpc) is 3.71. The van der Waals surface area contributed by atoms with Crippen molar-refractivity contribution in [1.29, 1.82) is 0 Å². The molecule has 3 aliphatic rings. The summed E-state index contributed by atoms with van der Waals surface area (Å²) in [6.45, 7) is 11.5. The van der Waals surface area contributed by atoms with Crippen LogP contribution in [0, 0.1) is 5.82 Å². The molecule has 1 aromatic heterocycles. The van der Waals surface area contributed by atoms with Gasteiger partial charge in [-0.1, -0.05) is 6.92 Å². The molecular weight excluding hydrogens is 535 g/mol. The first-order valence-electron chi connectivity index (χ1n) is 15.6. The van der Waals surface area contributed by atoms with Crippen LogP contribution in [0.1, 0.15) is 90.2 Å². The highest BCUT2D eigenvalue weighted by Crippen LogP contribution is 2.43. The van der Waals surface area contributed by atoms with Crippen LogP contribution < -0.4 is 0 Å². The lowest BCUT2D eigenvalue weighted by atomic mass is 9.84. The lowest BCUT2D eigenvalue weighted by molar-refractivity contribution is -0.000179. The number of halogens is 1. The molecule has 6 nitrogen and oxygen atoms in total. The van der Waals surface area contributed by atoms with Crippen molar-refractivity contribution in [3.8, 4) is 11.4 Å². The fraction of sp³-hybridized carbons (Fsp3) is 0.606. The fourth-order valence-corrected chi connectivity index (χ4v) is 8.41.